The molecule has 0 aromatic rings. The zero-order chi connectivity index (χ0) is 21.3. The van der Waals surface area contributed by atoms with Crippen molar-refractivity contribution in [1.82, 2.24) is 20.4 Å². The molecule has 0 aromatic carbocycles. The summed E-state index contributed by atoms with van der Waals surface area (Å²) in [5.74, 6) is 0.495. The van der Waals surface area contributed by atoms with Crippen LogP contribution in [0.3, 0.4) is 0 Å². The van der Waals surface area contributed by atoms with E-state index in [4.69, 9.17) is 0 Å². The summed E-state index contributed by atoms with van der Waals surface area (Å²) in [6, 6.07) is 0.236. The van der Waals surface area contributed by atoms with Gasteiger partial charge in [0.05, 0.1) is 0 Å². The van der Waals surface area contributed by atoms with E-state index >= 15 is 0 Å². The predicted octanol–water partition coefficient (Wildman–Crippen LogP) is 2.53. The Hall–Kier alpha value is -1.82. The Labute approximate surface area is 176 Å². The summed E-state index contributed by atoms with van der Waals surface area (Å²) in [6.07, 6.45) is 10.8. The summed E-state index contributed by atoms with van der Waals surface area (Å²) in [5.41, 5.74) is 1.86. The Balaban J connectivity index is 0.000000537. The summed E-state index contributed by atoms with van der Waals surface area (Å²) in [6.45, 7) is 14.2. The van der Waals surface area contributed by atoms with E-state index in [9.17, 15) is 9.59 Å². The van der Waals surface area contributed by atoms with Gasteiger partial charge in [-0.1, -0.05) is 33.8 Å². The fourth-order valence-corrected chi connectivity index (χ4v) is 3.83. The predicted molar refractivity (Wildman–Crippen MR) is 118 cm³/mol. The summed E-state index contributed by atoms with van der Waals surface area (Å²) >= 11 is 0. The van der Waals surface area contributed by atoms with Gasteiger partial charge >= 0.3 is 0 Å². The highest BCUT2D eigenvalue weighted by molar-refractivity contribution is 5.79. The number of nitrogens with one attached hydrogen (secondary N) is 2. The van der Waals surface area contributed by atoms with Crippen LogP contribution >= 0.6 is 0 Å². The lowest BCUT2D eigenvalue weighted by atomic mass is 9.93. The molecule has 0 atom stereocenters. The Bertz CT molecular complexity index is 572. The van der Waals surface area contributed by atoms with Gasteiger partial charge in [-0.05, 0) is 62.0 Å². The van der Waals surface area contributed by atoms with Gasteiger partial charge in [0.2, 0.25) is 12.3 Å². The molecular weight excluding hydrogens is 364 g/mol. The minimum absolute atomic E-state index is 0.175. The molecule has 3 heterocycles. The number of nitrogens with zero attached hydrogens (tertiary/aromatic N) is 2. The van der Waals surface area contributed by atoms with E-state index in [1.165, 1.54) is 5.57 Å². The van der Waals surface area contributed by atoms with Gasteiger partial charge in [0.25, 0.3) is 0 Å². The number of carbonyl (C=O) groups is 2. The molecule has 0 radical (unpaired) electrons. The average Bonchev–Trinajstić information content (AvgIpc) is 2.68. The molecule has 0 unspecified atom stereocenters. The minimum atomic E-state index is 0.175. The first-order valence-electron chi connectivity index (χ1n) is 11.1. The number of hydrogen-bond donors (Lipinski definition) is 2. The molecule has 0 aliphatic carbocycles. The van der Waals surface area contributed by atoms with E-state index in [0.29, 0.717) is 11.3 Å². The van der Waals surface area contributed by atoms with Crippen LogP contribution in [0.25, 0.3) is 0 Å². The number of carbonyl (C=O) groups excluding carboxylic acids is 2. The van der Waals surface area contributed by atoms with Crippen LogP contribution in [0.1, 0.15) is 53.4 Å². The third kappa shape index (κ3) is 9.03. The van der Waals surface area contributed by atoms with Gasteiger partial charge in [0, 0.05) is 38.1 Å². The van der Waals surface area contributed by atoms with Gasteiger partial charge < -0.3 is 15.5 Å². The van der Waals surface area contributed by atoms with Crippen molar-refractivity contribution in [2.45, 2.75) is 59.4 Å². The maximum Gasteiger partial charge on any atom is 0.225 e. The third-order valence-corrected chi connectivity index (χ3v) is 5.35. The van der Waals surface area contributed by atoms with E-state index in [-0.39, 0.29) is 12.0 Å². The summed E-state index contributed by atoms with van der Waals surface area (Å²) in [7, 11) is 0. The van der Waals surface area contributed by atoms with Crippen LogP contribution < -0.4 is 10.6 Å². The molecule has 2 saturated heterocycles. The molecule has 29 heavy (non-hydrogen) atoms. The molecule has 6 heteroatoms. The van der Waals surface area contributed by atoms with Crippen LogP contribution in [0, 0.1) is 11.3 Å². The van der Waals surface area contributed by atoms with E-state index in [0.717, 1.165) is 71.4 Å². The molecule has 2 N–H and O–H groups in total. The average molecular weight is 405 g/mol. The summed E-state index contributed by atoms with van der Waals surface area (Å²) in [4.78, 5) is 27.7. The SMILES string of the molecule is CC(C)(C)C.O=CNC1CCN(C(=O)C2CCN(CC3=CCNC=C3)CC2)CC1. The highest BCUT2D eigenvalue weighted by Crippen LogP contribution is 2.22. The number of hydrogen-bond acceptors (Lipinski definition) is 4. The molecule has 0 aromatic heterocycles. The van der Waals surface area contributed by atoms with Gasteiger partial charge in [-0.2, -0.15) is 0 Å². The molecule has 6 nitrogen and oxygen atoms in total. The highest BCUT2D eigenvalue weighted by atomic mass is 16.2. The first-order chi connectivity index (χ1) is 13.8. The van der Waals surface area contributed by atoms with Crippen molar-refractivity contribution in [1.29, 1.82) is 0 Å². The first kappa shape index (κ1) is 23.5. The lowest BCUT2D eigenvalue weighted by molar-refractivity contribution is -0.138. The maximum absolute atomic E-state index is 12.7. The zero-order valence-corrected chi connectivity index (χ0v) is 18.7. The van der Waals surface area contributed by atoms with E-state index < -0.39 is 0 Å². The van der Waals surface area contributed by atoms with Crippen LogP contribution in [-0.4, -0.2) is 67.4 Å². The Morgan fingerprint density at radius 2 is 1.76 bits per heavy atom. The van der Waals surface area contributed by atoms with Crippen molar-refractivity contribution in [3.05, 3.63) is 23.9 Å². The number of dihydropyridines is 1. The number of piperidine rings is 2. The Kier molecular flexibility index (Phi) is 9.21. The molecule has 2 amide bonds. The monoisotopic (exact) mass is 404 g/mol. The van der Waals surface area contributed by atoms with Crippen LogP contribution in [0.5, 0.6) is 0 Å². The lowest BCUT2D eigenvalue weighted by Gasteiger charge is -2.37. The molecule has 0 saturated carbocycles. The van der Waals surface area contributed by atoms with Crippen LogP contribution in [0.15, 0.2) is 23.9 Å². The quantitative estimate of drug-likeness (QED) is 0.691. The topological polar surface area (TPSA) is 64.7 Å². The standard InChI is InChI=1S/C18H28N4O2.C5H12/c23-14-20-17-5-11-22(12-6-17)18(24)16-3-9-21(10-4-16)13-15-1-7-19-8-2-15;1-5(2,3)4/h1-2,7,14,16-17,19H,3-6,8-13H2,(H,20,23);1-4H3. The van der Waals surface area contributed by atoms with Crippen molar-refractivity contribution >= 4 is 12.3 Å². The highest BCUT2D eigenvalue weighted by Gasteiger charge is 2.30. The maximum atomic E-state index is 12.7. The number of rotatable bonds is 5. The third-order valence-electron chi connectivity index (χ3n) is 5.35. The van der Waals surface area contributed by atoms with Crippen LogP contribution in [-0.2, 0) is 9.59 Å². The van der Waals surface area contributed by atoms with Crippen LogP contribution in [0.2, 0.25) is 0 Å². The van der Waals surface area contributed by atoms with Gasteiger partial charge in [0.15, 0.2) is 0 Å². The van der Waals surface area contributed by atoms with Crippen molar-refractivity contribution in [3.63, 3.8) is 0 Å². The summed E-state index contributed by atoms with van der Waals surface area (Å²) in [5, 5.41) is 6.00. The number of likely N-dealkylation sites (tertiary alicyclic amines) is 2. The van der Waals surface area contributed by atoms with Crippen molar-refractivity contribution in [2.75, 3.05) is 39.3 Å². The molecule has 0 bridgehead atoms. The van der Waals surface area contributed by atoms with Crippen LogP contribution in [0.4, 0.5) is 0 Å². The fraction of sp³-hybridized carbons (Fsp3) is 0.739. The lowest BCUT2D eigenvalue weighted by Crippen LogP contribution is -2.48. The normalized spacial score (nSPS) is 21.5. The van der Waals surface area contributed by atoms with Gasteiger partial charge in [-0.25, -0.2) is 0 Å². The minimum Gasteiger partial charge on any atom is -0.387 e. The van der Waals surface area contributed by atoms with E-state index in [1.54, 1.807) is 0 Å². The smallest absolute Gasteiger partial charge is 0.225 e. The summed E-state index contributed by atoms with van der Waals surface area (Å²) < 4.78 is 0. The van der Waals surface area contributed by atoms with Gasteiger partial charge in [-0.3, -0.25) is 14.5 Å². The van der Waals surface area contributed by atoms with Crippen molar-refractivity contribution in [3.8, 4) is 0 Å². The fourth-order valence-electron chi connectivity index (χ4n) is 3.83. The van der Waals surface area contributed by atoms with E-state index in [2.05, 4.69) is 55.4 Å². The van der Waals surface area contributed by atoms with Crippen molar-refractivity contribution < 1.29 is 9.59 Å². The Morgan fingerprint density at radius 1 is 1.14 bits per heavy atom. The van der Waals surface area contributed by atoms with Crippen molar-refractivity contribution in [2.24, 2.45) is 11.3 Å². The van der Waals surface area contributed by atoms with E-state index in [1.807, 2.05) is 11.1 Å². The molecule has 2 fully saturated rings. The first-order valence-corrected chi connectivity index (χ1v) is 11.1. The molecule has 3 aliphatic rings. The largest absolute Gasteiger partial charge is 0.387 e. The number of amides is 2. The molecule has 3 rings (SSSR count). The second kappa shape index (κ2) is 11.4. The second-order valence-corrected chi connectivity index (χ2v) is 9.96. The zero-order valence-electron chi connectivity index (χ0n) is 18.7. The molecule has 3 aliphatic heterocycles. The Morgan fingerprint density at radius 3 is 2.28 bits per heavy atom. The molecular formula is C23H40N4O2. The van der Waals surface area contributed by atoms with Gasteiger partial charge in [0.1, 0.15) is 0 Å². The molecule has 164 valence electrons. The molecule has 0 spiro atoms. The van der Waals surface area contributed by atoms with Gasteiger partial charge in [-0.15, -0.1) is 0 Å². The second-order valence-electron chi connectivity index (χ2n) is 9.96.